The Hall–Kier alpha value is -1.02. The monoisotopic (exact) mass is 249 g/mol. The van der Waals surface area contributed by atoms with Gasteiger partial charge in [0.2, 0.25) is 0 Å². The smallest absolute Gasteiger partial charge is 0.0550 e. The zero-order valence-electron chi connectivity index (χ0n) is 12.1. The molecular formula is C16H27NO. The van der Waals surface area contributed by atoms with E-state index in [2.05, 4.69) is 56.2 Å². The highest BCUT2D eigenvalue weighted by Gasteiger charge is 2.08. The predicted octanol–water partition coefficient (Wildman–Crippen LogP) is 4.26. The molecule has 1 atom stereocenters. The van der Waals surface area contributed by atoms with Gasteiger partial charge in [-0.05, 0) is 45.3 Å². The molecule has 18 heavy (non-hydrogen) atoms. The first-order valence-corrected chi connectivity index (χ1v) is 7.20. The number of unbranched alkanes of at least 4 members (excludes halogenated alkanes) is 1. The summed E-state index contributed by atoms with van der Waals surface area (Å²) in [7, 11) is 0. The van der Waals surface area contributed by atoms with Crippen LogP contribution in [0.25, 0.3) is 0 Å². The van der Waals surface area contributed by atoms with Crippen molar-refractivity contribution in [1.82, 2.24) is 4.90 Å². The van der Waals surface area contributed by atoms with Crippen LogP contribution in [0, 0.1) is 0 Å². The summed E-state index contributed by atoms with van der Waals surface area (Å²) >= 11 is 0. The molecule has 1 unspecified atom stereocenters. The Morgan fingerprint density at radius 3 is 2.78 bits per heavy atom. The number of hydrogen-bond acceptors (Lipinski definition) is 2. The van der Waals surface area contributed by atoms with E-state index in [9.17, 15) is 0 Å². The van der Waals surface area contributed by atoms with Crippen LogP contribution in [-0.4, -0.2) is 24.2 Å². The van der Waals surface area contributed by atoms with Crippen molar-refractivity contribution in [3.8, 4) is 0 Å². The van der Waals surface area contributed by atoms with Crippen molar-refractivity contribution < 1.29 is 4.74 Å². The van der Waals surface area contributed by atoms with Crippen molar-refractivity contribution in [2.24, 2.45) is 0 Å². The third-order valence-corrected chi connectivity index (χ3v) is 3.19. The second kappa shape index (κ2) is 8.98. The van der Waals surface area contributed by atoms with E-state index < -0.39 is 0 Å². The quantitative estimate of drug-likeness (QED) is 0.596. The molecule has 2 heteroatoms. The maximum Gasteiger partial charge on any atom is 0.0550 e. The molecule has 2 nitrogen and oxygen atoms in total. The molecule has 0 aromatic carbocycles. The van der Waals surface area contributed by atoms with Crippen molar-refractivity contribution in [3.63, 3.8) is 0 Å². The standard InChI is InChI=1S/C16H27NO/c1-4-6-14-18-15(3)11-12-16-10-8-7-9-13-17(16)5-2/h7-10,13,15H,4-6,11-12,14H2,1-3H3. The van der Waals surface area contributed by atoms with Gasteiger partial charge in [-0.15, -0.1) is 0 Å². The highest BCUT2D eigenvalue weighted by molar-refractivity contribution is 5.21. The molecule has 0 bridgehead atoms. The van der Waals surface area contributed by atoms with E-state index in [4.69, 9.17) is 4.74 Å². The van der Waals surface area contributed by atoms with Crippen molar-refractivity contribution >= 4 is 0 Å². The van der Waals surface area contributed by atoms with E-state index in [1.807, 2.05) is 0 Å². The summed E-state index contributed by atoms with van der Waals surface area (Å²) in [6.07, 6.45) is 15.5. The van der Waals surface area contributed by atoms with Crippen LogP contribution >= 0.6 is 0 Å². The van der Waals surface area contributed by atoms with Crippen LogP contribution < -0.4 is 0 Å². The molecule has 102 valence electrons. The molecule has 0 saturated carbocycles. The molecule has 0 fully saturated rings. The minimum Gasteiger partial charge on any atom is -0.378 e. The van der Waals surface area contributed by atoms with Gasteiger partial charge in [0.25, 0.3) is 0 Å². The molecule has 0 N–H and O–H groups in total. The highest BCUT2D eigenvalue weighted by Crippen LogP contribution is 2.17. The maximum atomic E-state index is 5.79. The molecule has 0 spiro atoms. The molecule has 1 aliphatic rings. The van der Waals surface area contributed by atoms with Gasteiger partial charge < -0.3 is 9.64 Å². The van der Waals surface area contributed by atoms with Crippen LogP contribution in [0.5, 0.6) is 0 Å². The van der Waals surface area contributed by atoms with Crippen LogP contribution in [0.4, 0.5) is 0 Å². The van der Waals surface area contributed by atoms with Gasteiger partial charge in [-0.1, -0.05) is 25.5 Å². The zero-order valence-corrected chi connectivity index (χ0v) is 12.1. The summed E-state index contributed by atoms with van der Waals surface area (Å²) < 4.78 is 5.79. The lowest BCUT2D eigenvalue weighted by Gasteiger charge is -2.22. The maximum absolute atomic E-state index is 5.79. The summed E-state index contributed by atoms with van der Waals surface area (Å²) in [6, 6.07) is 0. The van der Waals surface area contributed by atoms with Crippen LogP contribution in [0.1, 0.15) is 46.5 Å². The van der Waals surface area contributed by atoms with Crippen LogP contribution in [0.3, 0.4) is 0 Å². The third kappa shape index (κ3) is 5.54. The Morgan fingerprint density at radius 2 is 2.06 bits per heavy atom. The summed E-state index contributed by atoms with van der Waals surface area (Å²) in [6.45, 7) is 8.48. The molecule has 0 aromatic heterocycles. The summed E-state index contributed by atoms with van der Waals surface area (Å²) in [5.74, 6) is 0. The molecule has 0 amide bonds. The number of allylic oxidation sites excluding steroid dienone is 5. The topological polar surface area (TPSA) is 12.5 Å². The van der Waals surface area contributed by atoms with E-state index in [-0.39, 0.29) is 0 Å². The molecular weight excluding hydrogens is 222 g/mol. The van der Waals surface area contributed by atoms with E-state index in [1.54, 1.807) is 0 Å². The van der Waals surface area contributed by atoms with Gasteiger partial charge in [0.15, 0.2) is 0 Å². The van der Waals surface area contributed by atoms with Crippen LogP contribution in [-0.2, 0) is 4.74 Å². The minimum absolute atomic E-state index is 0.354. The number of hydrogen-bond donors (Lipinski definition) is 0. The molecule has 1 aliphatic heterocycles. The fourth-order valence-electron chi connectivity index (χ4n) is 1.97. The average Bonchev–Trinajstić information content (AvgIpc) is 2.61. The number of ether oxygens (including phenoxy) is 1. The summed E-state index contributed by atoms with van der Waals surface area (Å²) in [4.78, 5) is 2.30. The summed E-state index contributed by atoms with van der Waals surface area (Å²) in [5.41, 5.74) is 1.38. The lowest BCUT2D eigenvalue weighted by molar-refractivity contribution is 0.0577. The van der Waals surface area contributed by atoms with Crippen LogP contribution in [0.2, 0.25) is 0 Å². The molecule has 0 saturated heterocycles. The predicted molar refractivity (Wildman–Crippen MR) is 78.3 cm³/mol. The van der Waals surface area contributed by atoms with E-state index >= 15 is 0 Å². The van der Waals surface area contributed by atoms with Crippen molar-refractivity contribution in [3.05, 3.63) is 36.2 Å². The third-order valence-electron chi connectivity index (χ3n) is 3.19. The largest absolute Gasteiger partial charge is 0.378 e. The van der Waals surface area contributed by atoms with E-state index in [1.165, 1.54) is 18.5 Å². The molecule has 1 rings (SSSR count). The Balaban J connectivity index is 2.34. The van der Waals surface area contributed by atoms with Crippen LogP contribution in [0.15, 0.2) is 36.2 Å². The normalized spacial score (nSPS) is 16.6. The second-order valence-corrected chi connectivity index (χ2v) is 4.74. The Morgan fingerprint density at radius 1 is 1.22 bits per heavy atom. The Labute approximate surface area is 112 Å². The van der Waals surface area contributed by atoms with E-state index in [0.29, 0.717) is 6.10 Å². The summed E-state index contributed by atoms with van der Waals surface area (Å²) in [5, 5.41) is 0. The van der Waals surface area contributed by atoms with Gasteiger partial charge >= 0.3 is 0 Å². The van der Waals surface area contributed by atoms with Gasteiger partial charge in [-0.3, -0.25) is 0 Å². The minimum atomic E-state index is 0.354. The first kappa shape index (κ1) is 15.0. The van der Waals surface area contributed by atoms with Gasteiger partial charge in [0.1, 0.15) is 0 Å². The Bertz CT molecular complexity index is 304. The lowest BCUT2D eigenvalue weighted by Crippen LogP contribution is -2.17. The second-order valence-electron chi connectivity index (χ2n) is 4.74. The fourth-order valence-corrected chi connectivity index (χ4v) is 1.97. The SMILES string of the molecule is CCCCOC(C)CCC1=CC=CC=CN1CC. The van der Waals surface area contributed by atoms with Crippen molar-refractivity contribution in [2.75, 3.05) is 13.2 Å². The van der Waals surface area contributed by atoms with Crippen molar-refractivity contribution in [1.29, 1.82) is 0 Å². The van der Waals surface area contributed by atoms with Crippen molar-refractivity contribution in [2.45, 2.75) is 52.6 Å². The zero-order chi connectivity index (χ0) is 13.2. The average molecular weight is 249 g/mol. The van der Waals surface area contributed by atoms with Gasteiger partial charge in [-0.2, -0.15) is 0 Å². The molecule has 0 aliphatic carbocycles. The van der Waals surface area contributed by atoms with Gasteiger partial charge in [-0.25, -0.2) is 0 Å². The molecule has 0 aromatic rings. The van der Waals surface area contributed by atoms with Gasteiger partial charge in [0.05, 0.1) is 6.10 Å². The highest BCUT2D eigenvalue weighted by atomic mass is 16.5. The Kier molecular flexibility index (Phi) is 7.51. The fraction of sp³-hybridized carbons (Fsp3) is 0.625. The lowest BCUT2D eigenvalue weighted by atomic mass is 10.1. The molecule has 1 heterocycles. The van der Waals surface area contributed by atoms with E-state index in [0.717, 1.165) is 26.0 Å². The van der Waals surface area contributed by atoms with Gasteiger partial charge in [0, 0.05) is 25.0 Å². The molecule has 0 radical (unpaired) electrons. The number of nitrogens with zero attached hydrogens (tertiary/aromatic N) is 1. The first-order chi connectivity index (χ1) is 8.77. The first-order valence-electron chi connectivity index (χ1n) is 7.20. The number of rotatable bonds is 8.